The van der Waals surface area contributed by atoms with Crippen molar-refractivity contribution in [1.82, 2.24) is 4.90 Å². The molecular weight excluding hydrogens is 420 g/mol. The number of halogens is 4. The van der Waals surface area contributed by atoms with Gasteiger partial charge in [-0.05, 0) is 43.5 Å². The highest BCUT2D eigenvalue weighted by atomic mass is 127. The van der Waals surface area contributed by atoms with E-state index < -0.39 is 12.7 Å². The van der Waals surface area contributed by atoms with E-state index in [-0.39, 0.29) is 29.9 Å². The van der Waals surface area contributed by atoms with Gasteiger partial charge in [0.05, 0.1) is 6.54 Å². The Morgan fingerprint density at radius 3 is 2.83 bits per heavy atom. The molecule has 0 aliphatic carbocycles. The maximum atomic E-state index is 12.3. The average Bonchev–Trinajstić information content (AvgIpc) is 2.82. The van der Waals surface area contributed by atoms with Gasteiger partial charge in [-0.3, -0.25) is 9.89 Å². The van der Waals surface area contributed by atoms with E-state index in [4.69, 9.17) is 5.73 Å². The zero-order valence-corrected chi connectivity index (χ0v) is 15.3. The van der Waals surface area contributed by atoms with Crippen molar-refractivity contribution in [3.8, 4) is 0 Å². The highest BCUT2D eigenvalue weighted by Gasteiger charge is 2.34. The molecule has 1 aliphatic rings. The largest absolute Gasteiger partial charge is 0.401 e. The minimum Gasteiger partial charge on any atom is -0.370 e. The first kappa shape index (κ1) is 20.0. The minimum absolute atomic E-state index is 0. The molecule has 1 aromatic rings. The molecule has 0 amide bonds. The second-order valence-corrected chi connectivity index (χ2v) is 5.73. The third-order valence-corrected chi connectivity index (χ3v) is 3.58. The SMILES string of the molecule is Cc1cccc(NC(N)=NCC2CCN(CC(F)(F)F)C2)c1.I. The van der Waals surface area contributed by atoms with Gasteiger partial charge in [0.1, 0.15) is 0 Å². The van der Waals surface area contributed by atoms with Crippen molar-refractivity contribution in [2.24, 2.45) is 16.6 Å². The summed E-state index contributed by atoms with van der Waals surface area (Å²) in [5.41, 5.74) is 7.78. The number of benzene rings is 1. The summed E-state index contributed by atoms with van der Waals surface area (Å²) in [5.74, 6) is 0.417. The standard InChI is InChI=1S/C15H21F3N4.HI/c1-11-3-2-4-13(7-11)21-14(19)20-8-12-5-6-22(9-12)10-15(16,17)18;/h2-4,7,12H,5-6,8-10H2,1H3,(H3,19,20,21);1H. The summed E-state index contributed by atoms with van der Waals surface area (Å²) in [7, 11) is 0. The van der Waals surface area contributed by atoms with E-state index in [2.05, 4.69) is 10.3 Å². The van der Waals surface area contributed by atoms with Gasteiger partial charge in [0.15, 0.2) is 5.96 Å². The summed E-state index contributed by atoms with van der Waals surface area (Å²) < 4.78 is 37.0. The lowest BCUT2D eigenvalue weighted by atomic mass is 10.1. The number of likely N-dealkylation sites (tertiary alicyclic amines) is 1. The highest BCUT2D eigenvalue weighted by Crippen LogP contribution is 2.22. The van der Waals surface area contributed by atoms with Gasteiger partial charge in [0, 0.05) is 18.8 Å². The van der Waals surface area contributed by atoms with Crippen molar-refractivity contribution in [3.63, 3.8) is 0 Å². The number of hydrogen-bond donors (Lipinski definition) is 2. The number of guanidine groups is 1. The minimum atomic E-state index is -4.14. The molecule has 0 aromatic heterocycles. The van der Waals surface area contributed by atoms with Gasteiger partial charge in [-0.2, -0.15) is 13.2 Å². The Balaban J connectivity index is 0.00000264. The number of aliphatic imine (C=N–C) groups is 1. The molecule has 1 saturated heterocycles. The lowest BCUT2D eigenvalue weighted by molar-refractivity contribution is -0.143. The Morgan fingerprint density at radius 2 is 2.17 bits per heavy atom. The lowest BCUT2D eigenvalue weighted by Crippen LogP contribution is -2.32. The van der Waals surface area contributed by atoms with Crippen LogP contribution in [0.15, 0.2) is 29.3 Å². The Bertz CT molecular complexity index is 534. The van der Waals surface area contributed by atoms with Crippen LogP contribution in [0.3, 0.4) is 0 Å². The van der Waals surface area contributed by atoms with Gasteiger partial charge in [0.2, 0.25) is 0 Å². The van der Waals surface area contributed by atoms with Crippen LogP contribution in [0.5, 0.6) is 0 Å². The number of anilines is 1. The summed E-state index contributed by atoms with van der Waals surface area (Å²) in [6, 6.07) is 7.72. The van der Waals surface area contributed by atoms with Crippen molar-refractivity contribution in [2.45, 2.75) is 19.5 Å². The predicted octanol–water partition coefficient (Wildman–Crippen LogP) is 3.22. The first-order valence-corrected chi connectivity index (χ1v) is 7.24. The summed E-state index contributed by atoms with van der Waals surface area (Å²) >= 11 is 0. The Labute approximate surface area is 151 Å². The van der Waals surface area contributed by atoms with E-state index in [1.54, 1.807) is 0 Å². The molecular formula is C15H22F3IN4. The van der Waals surface area contributed by atoms with Gasteiger partial charge in [-0.15, -0.1) is 24.0 Å². The molecule has 130 valence electrons. The van der Waals surface area contributed by atoms with Gasteiger partial charge in [-0.25, -0.2) is 0 Å². The average molecular weight is 442 g/mol. The molecule has 1 unspecified atom stereocenters. The fourth-order valence-corrected chi connectivity index (χ4v) is 2.60. The van der Waals surface area contributed by atoms with Gasteiger partial charge in [-0.1, -0.05) is 12.1 Å². The van der Waals surface area contributed by atoms with E-state index in [1.807, 2.05) is 31.2 Å². The third-order valence-electron chi connectivity index (χ3n) is 3.58. The summed E-state index contributed by atoms with van der Waals surface area (Å²) in [6.07, 6.45) is -3.42. The lowest BCUT2D eigenvalue weighted by Gasteiger charge is -2.17. The van der Waals surface area contributed by atoms with Crippen molar-refractivity contribution >= 4 is 35.6 Å². The smallest absolute Gasteiger partial charge is 0.370 e. The fraction of sp³-hybridized carbons (Fsp3) is 0.533. The van der Waals surface area contributed by atoms with Crippen LogP contribution in [0.4, 0.5) is 18.9 Å². The molecule has 1 atom stereocenters. The van der Waals surface area contributed by atoms with Crippen LogP contribution in [0, 0.1) is 12.8 Å². The zero-order chi connectivity index (χ0) is 16.2. The molecule has 0 spiro atoms. The maximum Gasteiger partial charge on any atom is 0.401 e. The van der Waals surface area contributed by atoms with E-state index in [0.29, 0.717) is 25.6 Å². The molecule has 0 radical (unpaired) electrons. The second kappa shape index (κ2) is 8.72. The Hall–Kier alpha value is -1.03. The molecule has 4 nitrogen and oxygen atoms in total. The first-order chi connectivity index (χ1) is 10.3. The topological polar surface area (TPSA) is 53.6 Å². The number of nitrogens with one attached hydrogen (secondary N) is 1. The van der Waals surface area contributed by atoms with Crippen LogP contribution >= 0.6 is 24.0 Å². The molecule has 0 saturated carbocycles. The second-order valence-electron chi connectivity index (χ2n) is 5.73. The molecule has 1 fully saturated rings. The Kier molecular flexibility index (Phi) is 7.59. The molecule has 3 N–H and O–H groups in total. The molecule has 1 heterocycles. The Morgan fingerprint density at radius 1 is 1.43 bits per heavy atom. The van der Waals surface area contributed by atoms with Crippen molar-refractivity contribution in [2.75, 3.05) is 31.5 Å². The van der Waals surface area contributed by atoms with Crippen molar-refractivity contribution < 1.29 is 13.2 Å². The van der Waals surface area contributed by atoms with Crippen LogP contribution in [0.1, 0.15) is 12.0 Å². The predicted molar refractivity (Wildman–Crippen MR) is 97.3 cm³/mol. The molecule has 1 aromatic carbocycles. The van der Waals surface area contributed by atoms with E-state index in [0.717, 1.165) is 17.7 Å². The van der Waals surface area contributed by atoms with Crippen LogP contribution < -0.4 is 11.1 Å². The summed E-state index contributed by atoms with van der Waals surface area (Å²) in [4.78, 5) is 5.66. The van der Waals surface area contributed by atoms with Crippen LogP contribution in [0.2, 0.25) is 0 Å². The maximum absolute atomic E-state index is 12.3. The van der Waals surface area contributed by atoms with Crippen LogP contribution in [-0.2, 0) is 0 Å². The number of nitrogens with two attached hydrogens (primary N) is 1. The molecule has 23 heavy (non-hydrogen) atoms. The van der Waals surface area contributed by atoms with Crippen LogP contribution in [-0.4, -0.2) is 43.2 Å². The highest BCUT2D eigenvalue weighted by molar-refractivity contribution is 14.0. The van der Waals surface area contributed by atoms with E-state index >= 15 is 0 Å². The molecule has 2 rings (SSSR count). The van der Waals surface area contributed by atoms with Crippen LogP contribution in [0.25, 0.3) is 0 Å². The quantitative estimate of drug-likeness (QED) is 0.428. The van der Waals surface area contributed by atoms with Gasteiger partial charge < -0.3 is 11.1 Å². The zero-order valence-electron chi connectivity index (χ0n) is 12.9. The van der Waals surface area contributed by atoms with Crippen molar-refractivity contribution in [1.29, 1.82) is 0 Å². The normalized spacial score (nSPS) is 19.5. The molecule has 8 heteroatoms. The summed E-state index contributed by atoms with van der Waals surface area (Å²) in [6.45, 7) is 2.46. The van der Waals surface area contributed by atoms with E-state index in [9.17, 15) is 13.2 Å². The number of rotatable bonds is 4. The van der Waals surface area contributed by atoms with E-state index in [1.165, 1.54) is 4.90 Å². The monoisotopic (exact) mass is 442 g/mol. The molecule has 0 bridgehead atoms. The van der Waals surface area contributed by atoms with Gasteiger partial charge >= 0.3 is 6.18 Å². The fourth-order valence-electron chi connectivity index (χ4n) is 2.60. The van der Waals surface area contributed by atoms with Gasteiger partial charge in [0.25, 0.3) is 0 Å². The number of nitrogens with zero attached hydrogens (tertiary/aromatic N) is 2. The van der Waals surface area contributed by atoms with Crippen molar-refractivity contribution in [3.05, 3.63) is 29.8 Å². The number of hydrogen-bond acceptors (Lipinski definition) is 2. The third kappa shape index (κ3) is 7.38. The number of alkyl halides is 3. The first-order valence-electron chi connectivity index (χ1n) is 7.24. The number of aryl methyl sites for hydroxylation is 1. The summed E-state index contributed by atoms with van der Waals surface area (Å²) in [5, 5.41) is 2.99. The molecule has 1 aliphatic heterocycles.